The predicted molar refractivity (Wildman–Crippen MR) is 91.8 cm³/mol. The number of aliphatic imine (C=N–C) groups is 1. The lowest BCUT2D eigenvalue weighted by molar-refractivity contribution is -0.130. The summed E-state index contributed by atoms with van der Waals surface area (Å²) < 4.78 is 18.5. The molecular weight excluding hydrogens is 305 g/mol. The SMILES string of the molecule is CCC(=Cc1ccccc1)C=C1N=C(c2cccc(F)c2)OC1=O. The lowest BCUT2D eigenvalue weighted by Crippen LogP contribution is -2.05. The van der Waals surface area contributed by atoms with Crippen LogP contribution >= 0.6 is 0 Å². The molecule has 0 unspecified atom stereocenters. The molecule has 24 heavy (non-hydrogen) atoms. The van der Waals surface area contributed by atoms with E-state index in [9.17, 15) is 9.18 Å². The van der Waals surface area contributed by atoms with Crippen LogP contribution in [0.5, 0.6) is 0 Å². The molecule has 2 aromatic rings. The van der Waals surface area contributed by atoms with E-state index in [1.165, 1.54) is 12.1 Å². The van der Waals surface area contributed by atoms with E-state index in [0.717, 1.165) is 17.6 Å². The second kappa shape index (κ2) is 7.04. The fourth-order valence-electron chi connectivity index (χ4n) is 2.34. The topological polar surface area (TPSA) is 38.7 Å². The van der Waals surface area contributed by atoms with Crippen LogP contribution in [0.1, 0.15) is 24.5 Å². The molecule has 4 heteroatoms. The monoisotopic (exact) mass is 321 g/mol. The molecule has 0 bridgehead atoms. The summed E-state index contributed by atoms with van der Waals surface area (Å²) >= 11 is 0. The molecule has 1 heterocycles. The minimum atomic E-state index is -0.526. The highest BCUT2D eigenvalue weighted by molar-refractivity contribution is 6.11. The summed E-state index contributed by atoms with van der Waals surface area (Å²) in [7, 11) is 0. The van der Waals surface area contributed by atoms with Gasteiger partial charge in [-0.05, 0) is 41.8 Å². The van der Waals surface area contributed by atoms with Crippen molar-refractivity contribution in [3.05, 3.63) is 88.9 Å². The molecule has 3 nitrogen and oxygen atoms in total. The van der Waals surface area contributed by atoms with Crippen molar-refractivity contribution in [2.75, 3.05) is 0 Å². The number of halogens is 1. The third-order valence-corrected chi connectivity index (χ3v) is 3.57. The van der Waals surface area contributed by atoms with Crippen molar-refractivity contribution in [2.24, 2.45) is 4.99 Å². The fourth-order valence-corrected chi connectivity index (χ4v) is 2.34. The first-order valence-electron chi connectivity index (χ1n) is 7.70. The van der Waals surface area contributed by atoms with Gasteiger partial charge in [0.2, 0.25) is 5.90 Å². The molecule has 0 N–H and O–H groups in total. The summed E-state index contributed by atoms with van der Waals surface area (Å²) in [6, 6.07) is 15.7. The Hall–Kier alpha value is -3.01. The summed E-state index contributed by atoms with van der Waals surface area (Å²) in [4.78, 5) is 16.2. The Morgan fingerprint density at radius 3 is 2.67 bits per heavy atom. The van der Waals surface area contributed by atoms with Gasteiger partial charge in [-0.1, -0.05) is 49.4 Å². The molecule has 1 aliphatic heterocycles. The summed E-state index contributed by atoms with van der Waals surface area (Å²) in [6.45, 7) is 2.00. The van der Waals surface area contributed by atoms with Crippen LogP contribution in [0.2, 0.25) is 0 Å². The average Bonchev–Trinajstić information content (AvgIpc) is 2.96. The molecule has 3 rings (SSSR count). The number of allylic oxidation sites excluding steroid dienone is 2. The van der Waals surface area contributed by atoms with Crippen molar-refractivity contribution in [2.45, 2.75) is 13.3 Å². The molecule has 0 radical (unpaired) electrons. The Labute approximate surface area is 139 Å². The van der Waals surface area contributed by atoms with Gasteiger partial charge in [0.05, 0.1) is 0 Å². The zero-order valence-electron chi connectivity index (χ0n) is 13.2. The minimum Gasteiger partial charge on any atom is -0.402 e. The van der Waals surface area contributed by atoms with E-state index in [1.807, 2.05) is 43.3 Å². The van der Waals surface area contributed by atoms with Crippen molar-refractivity contribution in [1.29, 1.82) is 0 Å². The van der Waals surface area contributed by atoms with Gasteiger partial charge in [-0.25, -0.2) is 14.2 Å². The van der Waals surface area contributed by atoms with Crippen molar-refractivity contribution in [1.82, 2.24) is 0 Å². The number of carbonyl (C=O) groups is 1. The second-order valence-electron chi connectivity index (χ2n) is 5.33. The lowest BCUT2D eigenvalue weighted by atomic mass is 10.1. The van der Waals surface area contributed by atoms with E-state index in [4.69, 9.17) is 4.74 Å². The maximum absolute atomic E-state index is 13.3. The molecule has 0 amide bonds. The number of hydrogen-bond donors (Lipinski definition) is 0. The van der Waals surface area contributed by atoms with Crippen molar-refractivity contribution in [3.63, 3.8) is 0 Å². The minimum absolute atomic E-state index is 0.126. The highest BCUT2D eigenvalue weighted by atomic mass is 19.1. The predicted octanol–water partition coefficient (Wildman–Crippen LogP) is 4.51. The van der Waals surface area contributed by atoms with Gasteiger partial charge in [0, 0.05) is 5.56 Å². The highest BCUT2D eigenvalue weighted by Gasteiger charge is 2.24. The summed E-state index contributed by atoms with van der Waals surface area (Å²) in [5.74, 6) is -0.801. The van der Waals surface area contributed by atoms with Crippen LogP contribution in [0, 0.1) is 5.82 Å². The van der Waals surface area contributed by atoms with Gasteiger partial charge in [-0.15, -0.1) is 0 Å². The Morgan fingerprint density at radius 2 is 1.96 bits per heavy atom. The highest BCUT2D eigenvalue weighted by Crippen LogP contribution is 2.20. The van der Waals surface area contributed by atoms with Gasteiger partial charge in [-0.3, -0.25) is 0 Å². The number of ether oxygens (including phenoxy) is 1. The summed E-state index contributed by atoms with van der Waals surface area (Å²) in [5, 5.41) is 0. The molecule has 120 valence electrons. The fraction of sp³-hybridized carbons (Fsp3) is 0.100. The van der Waals surface area contributed by atoms with Crippen LogP contribution in [-0.2, 0) is 9.53 Å². The number of nitrogens with zero attached hydrogens (tertiary/aromatic N) is 1. The van der Waals surface area contributed by atoms with Gasteiger partial charge in [0.1, 0.15) is 5.82 Å². The Bertz CT molecular complexity index is 851. The first-order valence-corrected chi connectivity index (χ1v) is 7.70. The van der Waals surface area contributed by atoms with Crippen molar-refractivity contribution < 1.29 is 13.9 Å². The van der Waals surface area contributed by atoms with Gasteiger partial charge in [0.25, 0.3) is 0 Å². The van der Waals surface area contributed by atoms with E-state index in [0.29, 0.717) is 5.56 Å². The summed E-state index contributed by atoms with van der Waals surface area (Å²) in [5.41, 5.74) is 2.67. The Kier molecular flexibility index (Phi) is 4.66. The third kappa shape index (κ3) is 3.66. The second-order valence-corrected chi connectivity index (χ2v) is 5.33. The van der Waals surface area contributed by atoms with E-state index in [2.05, 4.69) is 4.99 Å². The third-order valence-electron chi connectivity index (χ3n) is 3.57. The number of rotatable bonds is 4. The molecule has 0 aliphatic carbocycles. The molecule has 1 aliphatic rings. The maximum atomic E-state index is 13.3. The molecule has 0 fully saturated rings. The smallest absolute Gasteiger partial charge is 0.363 e. The largest absolute Gasteiger partial charge is 0.402 e. The molecule has 0 spiro atoms. The molecular formula is C20H16FNO2. The quantitative estimate of drug-likeness (QED) is 0.614. The number of esters is 1. The Morgan fingerprint density at radius 1 is 1.17 bits per heavy atom. The number of cyclic esters (lactones) is 1. The standard InChI is InChI=1S/C20H16FNO2/c1-2-14(11-15-7-4-3-5-8-15)12-18-20(23)24-19(22-18)16-9-6-10-17(21)13-16/h3-13H,2H2,1H3. The molecule has 0 saturated heterocycles. The molecule has 2 aromatic carbocycles. The number of carbonyl (C=O) groups excluding carboxylic acids is 1. The normalized spacial score (nSPS) is 16.2. The van der Waals surface area contributed by atoms with Crippen LogP contribution in [0.25, 0.3) is 6.08 Å². The van der Waals surface area contributed by atoms with E-state index >= 15 is 0 Å². The number of hydrogen-bond acceptors (Lipinski definition) is 3. The first-order chi connectivity index (χ1) is 11.7. The van der Waals surface area contributed by atoms with E-state index in [-0.39, 0.29) is 11.6 Å². The number of benzene rings is 2. The van der Waals surface area contributed by atoms with E-state index < -0.39 is 11.8 Å². The molecule has 0 aromatic heterocycles. The average molecular weight is 321 g/mol. The van der Waals surface area contributed by atoms with E-state index in [1.54, 1.807) is 18.2 Å². The van der Waals surface area contributed by atoms with Gasteiger partial charge in [0.15, 0.2) is 5.70 Å². The zero-order valence-corrected chi connectivity index (χ0v) is 13.2. The van der Waals surface area contributed by atoms with Gasteiger partial charge >= 0.3 is 5.97 Å². The van der Waals surface area contributed by atoms with Crippen molar-refractivity contribution >= 4 is 17.9 Å². The van der Waals surface area contributed by atoms with Crippen LogP contribution < -0.4 is 0 Å². The van der Waals surface area contributed by atoms with Gasteiger partial charge in [-0.2, -0.15) is 0 Å². The zero-order chi connectivity index (χ0) is 16.9. The first kappa shape index (κ1) is 15.9. The maximum Gasteiger partial charge on any atom is 0.363 e. The van der Waals surface area contributed by atoms with Crippen LogP contribution in [0.3, 0.4) is 0 Å². The Balaban J connectivity index is 1.91. The molecule has 0 saturated carbocycles. The van der Waals surface area contributed by atoms with Crippen LogP contribution in [0.4, 0.5) is 4.39 Å². The lowest BCUT2D eigenvalue weighted by Gasteiger charge is -1.99. The molecule has 0 atom stereocenters. The van der Waals surface area contributed by atoms with Crippen LogP contribution in [-0.4, -0.2) is 11.9 Å². The van der Waals surface area contributed by atoms with Crippen LogP contribution in [0.15, 0.2) is 76.9 Å². The van der Waals surface area contributed by atoms with Crippen molar-refractivity contribution in [3.8, 4) is 0 Å². The van der Waals surface area contributed by atoms with Gasteiger partial charge < -0.3 is 4.74 Å². The summed E-state index contributed by atoms with van der Waals surface area (Å²) in [6.07, 6.45) is 4.45.